The predicted octanol–water partition coefficient (Wildman–Crippen LogP) is 5.67. The zero-order chi connectivity index (χ0) is 16.8. The highest BCUT2D eigenvalue weighted by Crippen LogP contribution is 2.38. The van der Waals surface area contributed by atoms with Crippen molar-refractivity contribution in [2.75, 3.05) is 13.2 Å². The van der Waals surface area contributed by atoms with Gasteiger partial charge in [-0.15, -0.1) is 0 Å². The minimum atomic E-state index is -0.138. The molecular formula is C21H31FO2. The molecule has 1 aromatic carbocycles. The van der Waals surface area contributed by atoms with Gasteiger partial charge in [0.2, 0.25) is 0 Å². The van der Waals surface area contributed by atoms with Gasteiger partial charge in [0.25, 0.3) is 0 Å². The summed E-state index contributed by atoms with van der Waals surface area (Å²) in [4.78, 5) is 0. The van der Waals surface area contributed by atoms with Crippen LogP contribution in [0.4, 0.5) is 4.39 Å². The van der Waals surface area contributed by atoms with Gasteiger partial charge in [-0.1, -0.05) is 25.5 Å². The summed E-state index contributed by atoms with van der Waals surface area (Å²) in [6.07, 6.45) is 9.67. The average molecular weight is 334 g/mol. The van der Waals surface area contributed by atoms with E-state index in [4.69, 9.17) is 9.47 Å². The van der Waals surface area contributed by atoms with Crippen LogP contribution in [-0.4, -0.2) is 19.5 Å². The number of benzene rings is 1. The molecule has 0 amide bonds. The van der Waals surface area contributed by atoms with Crippen LogP contribution in [0.25, 0.3) is 0 Å². The maximum absolute atomic E-state index is 13.0. The molecule has 0 aromatic heterocycles. The lowest BCUT2D eigenvalue weighted by atomic mass is 9.77. The van der Waals surface area contributed by atoms with Gasteiger partial charge in [-0.3, -0.25) is 0 Å². The Hall–Kier alpha value is -0.930. The highest BCUT2D eigenvalue weighted by molar-refractivity contribution is 5.20. The van der Waals surface area contributed by atoms with Crippen LogP contribution >= 0.6 is 0 Å². The fourth-order valence-corrected chi connectivity index (χ4v) is 4.22. The number of hydrogen-bond donors (Lipinski definition) is 0. The lowest BCUT2D eigenvalue weighted by Gasteiger charge is -2.32. The van der Waals surface area contributed by atoms with Crippen molar-refractivity contribution in [2.45, 2.75) is 70.5 Å². The Labute approximate surface area is 145 Å². The van der Waals surface area contributed by atoms with E-state index in [1.165, 1.54) is 50.5 Å². The molecule has 1 saturated carbocycles. The average Bonchev–Trinajstić information content (AvgIpc) is 2.63. The Morgan fingerprint density at radius 1 is 0.875 bits per heavy atom. The van der Waals surface area contributed by atoms with Crippen LogP contribution in [0, 0.1) is 17.7 Å². The SMILES string of the molecule is CCCC1COC(CCC2CCC(c3ccc(F)cc3)CC2)OC1. The number of hydrogen-bond acceptors (Lipinski definition) is 2. The van der Waals surface area contributed by atoms with Crippen LogP contribution in [0.5, 0.6) is 0 Å². The lowest BCUT2D eigenvalue weighted by molar-refractivity contribution is -0.205. The van der Waals surface area contributed by atoms with E-state index in [9.17, 15) is 4.39 Å². The van der Waals surface area contributed by atoms with Crippen molar-refractivity contribution in [3.05, 3.63) is 35.6 Å². The molecule has 0 bridgehead atoms. The zero-order valence-corrected chi connectivity index (χ0v) is 14.9. The Bertz CT molecular complexity index is 471. The molecule has 2 fully saturated rings. The summed E-state index contributed by atoms with van der Waals surface area (Å²) in [5, 5.41) is 0. The molecule has 1 aliphatic heterocycles. The van der Waals surface area contributed by atoms with Crippen LogP contribution in [-0.2, 0) is 9.47 Å². The first-order valence-electron chi connectivity index (χ1n) is 9.73. The fourth-order valence-electron chi connectivity index (χ4n) is 4.22. The van der Waals surface area contributed by atoms with Crippen LogP contribution in [0.2, 0.25) is 0 Å². The molecule has 0 unspecified atom stereocenters. The van der Waals surface area contributed by atoms with E-state index in [-0.39, 0.29) is 12.1 Å². The van der Waals surface area contributed by atoms with Gasteiger partial charge in [0.1, 0.15) is 5.82 Å². The second kappa shape index (κ2) is 8.96. The van der Waals surface area contributed by atoms with Gasteiger partial charge in [-0.25, -0.2) is 4.39 Å². The second-order valence-electron chi connectivity index (χ2n) is 7.60. The molecular weight excluding hydrogens is 303 g/mol. The number of halogens is 1. The molecule has 1 aliphatic carbocycles. The molecule has 24 heavy (non-hydrogen) atoms. The lowest BCUT2D eigenvalue weighted by Crippen LogP contribution is -2.32. The Kier molecular flexibility index (Phi) is 6.67. The fraction of sp³-hybridized carbons (Fsp3) is 0.714. The highest BCUT2D eigenvalue weighted by Gasteiger charge is 2.25. The van der Waals surface area contributed by atoms with Gasteiger partial charge in [-0.05, 0) is 74.5 Å². The second-order valence-corrected chi connectivity index (χ2v) is 7.60. The van der Waals surface area contributed by atoms with E-state index in [2.05, 4.69) is 6.92 Å². The zero-order valence-electron chi connectivity index (χ0n) is 14.9. The van der Waals surface area contributed by atoms with Crippen molar-refractivity contribution < 1.29 is 13.9 Å². The first kappa shape index (κ1) is 17.9. The monoisotopic (exact) mass is 334 g/mol. The highest BCUT2D eigenvalue weighted by atomic mass is 19.1. The van der Waals surface area contributed by atoms with Crippen LogP contribution in [0.3, 0.4) is 0 Å². The molecule has 2 aliphatic rings. The van der Waals surface area contributed by atoms with Gasteiger partial charge in [0.05, 0.1) is 13.2 Å². The maximum atomic E-state index is 13.0. The molecule has 2 nitrogen and oxygen atoms in total. The summed E-state index contributed by atoms with van der Waals surface area (Å²) < 4.78 is 24.8. The molecule has 3 rings (SSSR count). The maximum Gasteiger partial charge on any atom is 0.157 e. The molecule has 1 heterocycles. The Morgan fingerprint density at radius 2 is 1.54 bits per heavy atom. The van der Waals surface area contributed by atoms with Crippen LogP contribution in [0.15, 0.2) is 24.3 Å². The van der Waals surface area contributed by atoms with Gasteiger partial charge < -0.3 is 9.47 Å². The third kappa shape index (κ3) is 5.03. The third-order valence-corrected chi connectivity index (χ3v) is 5.73. The quantitative estimate of drug-likeness (QED) is 0.667. The van der Waals surface area contributed by atoms with Crippen molar-refractivity contribution >= 4 is 0 Å². The summed E-state index contributed by atoms with van der Waals surface area (Å²) in [7, 11) is 0. The van der Waals surface area contributed by atoms with Gasteiger partial charge in [0.15, 0.2) is 6.29 Å². The largest absolute Gasteiger partial charge is 0.352 e. The van der Waals surface area contributed by atoms with E-state index in [1.54, 1.807) is 12.1 Å². The summed E-state index contributed by atoms with van der Waals surface area (Å²) in [6.45, 7) is 3.96. The van der Waals surface area contributed by atoms with Crippen molar-refractivity contribution in [3.8, 4) is 0 Å². The first-order chi connectivity index (χ1) is 11.7. The van der Waals surface area contributed by atoms with Crippen molar-refractivity contribution in [1.82, 2.24) is 0 Å². The molecule has 0 radical (unpaired) electrons. The molecule has 1 saturated heterocycles. The van der Waals surface area contributed by atoms with E-state index in [0.717, 1.165) is 25.6 Å². The molecule has 1 aromatic rings. The number of rotatable bonds is 6. The van der Waals surface area contributed by atoms with E-state index < -0.39 is 0 Å². The van der Waals surface area contributed by atoms with Gasteiger partial charge in [-0.2, -0.15) is 0 Å². The summed E-state index contributed by atoms with van der Waals surface area (Å²) in [5.41, 5.74) is 1.30. The van der Waals surface area contributed by atoms with Crippen molar-refractivity contribution in [1.29, 1.82) is 0 Å². The van der Waals surface area contributed by atoms with Gasteiger partial charge in [0, 0.05) is 5.92 Å². The minimum absolute atomic E-state index is 0.0212. The molecule has 0 N–H and O–H groups in total. The van der Waals surface area contributed by atoms with E-state index >= 15 is 0 Å². The Balaban J connectivity index is 1.35. The molecule has 0 atom stereocenters. The summed E-state index contributed by atoms with van der Waals surface area (Å²) >= 11 is 0. The standard InChI is InChI=1S/C21H31FO2/c1-2-3-17-14-23-21(24-15-17)13-6-16-4-7-18(8-5-16)19-9-11-20(22)12-10-19/h9-12,16-18,21H,2-8,13-15H2,1H3. The summed E-state index contributed by atoms with van der Waals surface area (Å²) in [5.74, 6) is 1.86. The van der Waals surface area contributed by atoms with E-state index in [1.807, 2.05) is 12.1 Å². The summed E-state index contributed by atoms with van der Waals surface area (Å²) in [6, 6.07) is 7.09. The molecule has 0 spiro atoms. The van der Waals surface area contributed by atoms with Crippen LogP contribution in [0.1, 0.15) is 69.8 Å². The minimum Gasteiger partial charge on any atom is -0.352 e. The Morgan fingerprint density at radius 3 is 2.17 bits per heavy atom. The van der Waals surface area contributed by atoms with Crippen molar-refractivity contribution in [2.24, 2.45) is 11.8 Å². The van der Waals surface area contributed by atoms with Gasteiger partial charge >= 0.3 is 0 Å². The van der Waals surface area contributed by atoms with Crippen LogP contribution < -0.4 is 0 Å². The van der Waals surface area contributed by atoms with Crippen molar-refractivity contribution in [3.63, 3.8) is 0 Å². The molecule has 134 valence electrons. The topological polar surface area (TPSA) is 18.5 Å². The third-order valence-electron chi connectivity index (χ3n) is 5.73. The normalized spacial score (nSPS) is 31.1. The molecule has 3 heteroatoms. The first-order valence-corrected chi connectivity index (χ1v) is 9.73. The van der Waals surface area contributed by atoms with E-state index in [0.29, 0.717) is 11.8 Å². The number of ether oxygens (including phenoxy) is 2. The predicted molar refractivity (Wildman–Crippen MR) is 94.4 cm³/mol. The smallest absolute Gasteiger partial charge is 0.157 e.